The van der Waals surface area contributed by atoms with Crippen molar-refractivity contribution in [1.29, 1.82) is 0 Å². The van der Waals surface area contributed by atoms with Gasteiger partial charge >= 0.3 is 0 Å². The molecule has 2 heteroatoms. The Bertz CT molecular complexity index is 596. The fourth-order valence-electron chi connectivity index (χ4n) is 3.78. The van der Waals surface area contributed by atoms with Crippen LogP contribution >= 0.6 is 15.9 Å². The van der Waals surface area contributed by atoms with Gasteiger partial charge in [-0.1, -0.05) is 15.9 Å². The summed E-state index contributed by atoms with van der Waals surface area (Å²) in [4.78, 5) is 0. The van der Waals surface area contributed by atoms with E-state index in [1.165, 1.54) is 34.6 Å². The minimum absolute atomic E-state index is 0.837. The summed E-state index contributed by atoms with van der Waals surface area (Å²) in [5.41, 5.74) is 4.75. The summed E-state index contributed by atoms with van der Waals surface area (Å²) in [7, 11) is 2.17. The Kier molecular flexibility index (Phi) is 1.69. The zero-order valence-corrected chi connectivity index (χ0v) is 10.9. The predicted octanol–water partition coefficient (Wildman–Crippen LogP) is 4.31. The Morgan fingerprint density at radius 2 is 2.12 bits per heavy atom. The number of aryl methyl sites for hydroxylation is 1. The Hall–Kier alpha value is -0.760. The van der Waals surface area contributed by atoms with E-state index in [1.54, 1.807) is 11.1 Å². The Labute approximate surface area is 104 Å². The zero-order valence-electron chi connectivity index (χ0n) is 9.33. The maximum atomic E-state index is 3.72. The first-order valence-electron chi connectivity index (χ1n) is 6.03. The molecule has 2 bridgehead atoms. The average Bonchev–Trinajstić information content (AvgIpc) is 2.92. The van der Waals surface area contributed by atoms with Crippen molar-refractivity contribution >= 4 is 26.8 Å². The van der Waals surface area contributed by atoms with Crippen molar-refractivity contribution in [3.05, 3.63) is 33.9 Å². The summed E-state index contributed by atoms with van der Waals surface area (Å²) in [6.45, 7) is 0. The van der Waals surface area contributed by atoms with Crippen molar-refractivity contribution in [3.63, 3.8) is 0 Å². The second-order valence-corrected chi connectivity index (χ2v) is 6.11. The van der Waals surface area contributed by atoms with Gasteiger partial charge in [0.15, 0.2) is 0 Å². The lowest BCUT2D eigenvalue weighted by atomic mass is 9.90. The van der Waals surface area contributed by atoms with Crippen molar-refractivity contribution < 1.29 is 0 Å². The average molecular weight is 276 g/mol. The highest BCUT2D eigenvalue weighted by Gasteiger charge is 2.38. The molecule has 1 nitrogen and oxygen atoms in total. The molecule has 2 atom stereocenters. The van der Waals surface area contributed by atoms with Crippen LogP contribution in [0, 0.1) is 0 Å². The molecule has 2 aromatic rings. The second-order valence-electron chi connectivity index (χ2n) is 5.26. The molecule has 0 spiro atoms. The van der Waals surface area contributed by atoms with Crippen LogP contribution in [0.4, 0.5) is 0 Å². The molecule has 2 aliphatic rings. The van der Waals surface area contributed by atoms with Crippen LogP contribution < -0.4 is 0 Å². The number of rotatable bonds is 0. The van der Waals surface area contributed by atoms with Gasteiger partial charge < -0.3 is 4.57 Å². The van der Waals surface area contributed by atoms with Crippen LogP contribution in [0.2, 0.25) is 0 Å². The minimum Gasteiger partial charge on any atom is -0.350 e. The maximum absolute atomic E-state index is 3.72. The number of benzene rings is 1. The zero-order chi connectivity index (χ0) is 10.9. The first-order chi connectivity index (χ1) is 7.75. The minimum atomic E-state index is 0.837. The number of aromatic nitrogens is 1. The van der Waals surface area contributed by atoms with Gasteiger partial charge in [-0.3, -0.25) is 0 Å². The monoisotopic (exact) mass is 275 g/mol. The van der Waals surface area contributed by atoms with Gasteiger partial charge in [-0.2, -0.15) is 0 Å². The van der Waals surface area contributed by atoms with Gasteiger partial charge in [-0.15, -0.1) is 0 Å². The van der Waals surface area contributed by atoms with Gasteiger partial charge in [0.05, 0.1) is 5.52 Å². The lowest BCUT2D eigenvalue weighted by molar-refractivity contribution is 0.718. The van der Waals surface area contributed by atoms with E-state index in [2.05, 4.69) is 45.9 Å². The molecule has 1 fully saturated rings. The van der Waals surface area contributed by atoms with Crippen LogP contribution in [0.1, 0.15) is 42.2 Å². The largest absolute Gasteiger partial charge is 0.350 e. The van der Waals surface area contributed by atoms with Crippen LogP contribution in [0.5, 0.6) is 0 Å². The summed E-state index contributed by atoms with van der Waals surface area (Å²) < 4.78 is 3.56. The molecule has 4 rings (SSSR count). The van der Waals surface area contributed by atoms with Gasteiger partial charge in [0.1, 0.15) is 0 Å². The second kappa shape index (κ2) is 2.92. The Morgan fingerprint density at radius 1 is 1.31 bits per heavy atom. The van der Waals surface area contributed by atoms with E-state index in [0.717, 1.165) is 11.8 Å². The summed E-state index contributed by atoms with van der Waals surface area (Å²) in [5, 5.41) is 1.38. The number of fused-ring (bicyclic) bond motifs is 7. The van der Waals surface area contributed by atoms with Gasteiger partial charge in [0.2, 0.25) is 0 Å². The number of hydrogen-bond acceptors (Lipinski definition) is 0. The third-order valence-corrected chi connectivity index (χ3v) is 5.12. The van der Waals surface area contributed by atoms with Crippen LogP contribution in [-0.4, -0.2) is 4.57 Å². The topological polar surface area (TPSA) is 4.93 Å². The normalized spacial score (nSPS) is 26.6. The summed E-state index contributed by atoms with van der Waals surface area (Å²) in [6.07, 6.45) is 6.38. The van der Waals surface area contributed by atoms with E-state index >= 15 is 0 Å². The smallest absolute Gasteiger partial charge is 0.0527 e. The molecule has 0 saturated heterocycles. The van der Waals surface area contributed by atoms with Gasteiger partial charge in [0, 0.05) is 23.1 Å². The molecule has 2 unspecified atom stereocenters. The van der Waals surface area contributed by atoms with Crippen molar-refractivity contribution in [2.75, 3.05) is 0 Å². The standard InChI is InChI=1S/C14H14BrN/c1-16-5-4-10-12(15)7-11-8-2-3-9(6-8)13(11)14(10)16/h4-5,7-9H,2-3,6H2,1H3. The molecule has 1 saturated carbocycles. The van der Waals surface area contributed by atoms with Crippen molar-refractivity contribution in [1.82, 2.24) is 4.57 Å². The molecular formula is C14H14BrN. The van der Waals surface area contributed by atoms with E-state index in [4.69, 9.17) is 0 Å². The predicted molar refractivity (Wildman–Crippen MR) is 70.0 cm³/mol. The highest BCUT2D eigenvalue weighted by Crippen LogP contribution is 2.55. The fourth-order valence-corrected chi connectivity index (χ4v) is 4.35. The molecule has 0 radical (unpaired) electrons. The number of nitrogens with zero attached hydrogens (tertiary/aromatic N) is 1. The number of halogens is 1. The third-order valence-electron chi connectivity index (χ3n) is 4.46. The van der Waals surface area contributed by atoms with Crippen LogP contribution in [0.3, 0.4) is 0 Å². The summed E-state index contributed by atoms with van der Waals surface area (Å²) >= 11 is 3.72. The molecule has 0 amide bonds. The third kappa shape index (κ3) is 0.969. The first-order valence-corrected chi connectivity index (χ1v) is 6.82. The van der Waals surface area contributed by atoms with Gasteiger partial charge in [-0.05, 0) is 54.4 Å². The fraction of sp³-hybridized carbons (Fsp3) is 0.429. The molecular weight excluding hydrogens is 262 g/mol. The Balaban J connectivity index is 2.18. The molecule has 0 N–H and O–H groups in total. The molecule has 1 aromatic carbocycles. The van der Waals surface area contributed by atoms with E-state index in [9.17, 15) is 0 Å². The molecule has 82 valence electrons. The molecule has 0 aliphatic heterocycles. The SMILES string of the molecule is Cn1ccc2c(Br)cc3c(c21)C1CCC3C1. The van der Waals surface area contributed by atoms with E-state index < -0.39 is 0 Å². The summed E-state index contributed by atoms with van der Waals surface area (Å²) in [6, 6.07) is 4.60. The highest BCUT2D eigenvalue weighted by molar-refractivity contribution is 9.10. The van der Waals surface area contributed by atoms with E-state index in [1.807, 2.05) is 0 Å². The molecule has 1 aromatic heterocycles. The number of hydrogen-bond donors (Lipinski definition) is 0. The van der Waals surface area contributed by atoms with Crippen LogP contribution in [0.15, 0.2) is 22.8 Å². The van der Waals surface area contributed by atoms with Crippen molar-refractivity contribution in [2.24, 2.45) is 7.05 Å². The highest BCUT2D eigenvalue weighted by atomic mass is 79.9. The molecule has 16 heavy (non-hydrogen) atoms. The molecule has 1 heterocycles. The lowest BCUT2D eigenvalue weighted by Gasteiger charge is -2.18. The quantitative estimate of drug-likeness (QED) is 0.676. The van der Waals surface area contributed by atoms with E-state index in [-0.39, 0.29) is 0 Å². The van der Waals surface area contributed by atoms with E-state index in [0.29, 0.717) is 0 Å². The maximum Gasteiger partial charge on any atom is 0.0527 e. The van der Waals surface area contributed by atoms with Crippen molar-refractivity contribution in [2.45, 2.75) is 31.1 Å². The van der Waals surface area contributed by atoms with Crippen molar-refractivity contribution in [3.8, 4) is 0 Å². The Morgan fingerprint density at radius 3 is 3.00 bits per heavy atom. The van der Waals surface area contributed by atoms with Crippen LogP contribution in [-0.2, 0) is 7.05 Å². The molecule has 2 aliphatic carbocycles. The first kappa shape index (κ1) is 9.29. The lowest BCUT2D eigenvalue weighted by Crippen LogP contribution is -2.01. The summed E-state index contributed by atoms with van der Waals surface area (Å²) in [5.74, 6) is 1.68. The van der Waals surface area contributed by atoms with Gasteiger partial charge in [0.25, 0.3) is 0 Å². The van der Waals surface area contributed by atoms with Gasteiger partial charge in [-0.25, -0.2) is 0 Å². The van der Waals surface area contributed by atoms with Crippen LogP contribution in [0.25, 0.3) is 10.9 Å².